The fourth-order valence-corrected chi connectivity index (χ4v) is 8.70. The minimum absolute atomic E-state index is 0.0518. The molecule has 0 saturated heterocycles. The van der Waals surface area contributed by atoms with Gasteiger partial charge in [-0.1, -0.05) is 80.6 Å². The Bertz CT molecular complexity index is 2650. The number of nitriles is 1. The minimum Gasteiger partial charge on any atom is -0.310 e. The van der Waals surface area contributed by atoms with E-state index in [0.29, 0.717) is 11.3 Å². The zero-order valence-corrected chi connectivity index (χ0v) is 25.5. The van der Waals surface area contributed by atoms with E-state index in [1.165, 1.54) is 42.4 Å². The Hall–Kier alpha value is -5.68. The SMILES string of the molecule is [C-]#[N+]c1ccc(-c2cccc3sc4cc5c(cc4c23)-c2ccccc2C5(C)C)c(-n2c3ccccc3c3cc(C#N)ccc32)c1. The summed E-state index contributed by atoms with van der Waals surface area (Å²) >= 11 is 1.85. The molecule has 0 radical (unpaired) electrons. The van der Waals surface area contributed by atoms with Gasteiger partial charge in [-0.2, -0.15) is 5.26 Å². The maximum Gasteiger partial charge on any atom is 0.189 e. The number of para-hydroxylation sites is 1. The van der Waals surface area contributed by atoms with Crippen molar-refractivity contribution in [2.24, 2.45) is 0 Å². The molecule has 210 valence electrons. The van der Waals surface area contributed by atoms with Crippen LogP contribution in [0.25, 0.3) is 74.8 Å². The predicted molar refractivity (Wildman–Crippen MR) is 188 cm³/mol. The van der Waals surface area contributed by atoms with Crippen LogP contribution in [0.2, 0.25) is 0 Å². The molecular formula is C41H25N3S. The van der Waals surface area contributed by atoms with Gasteiger partial charge in [-0.05, 0) is 76.3 Å². The lowest BCUT2D eigenvalue weighted by Crippen LogP contribution is -2.14. The summed E-state index contributed by atoms with van der Waals surface area (Å²) in [7, 11) is 0. The van der Waals surface area contributed by atoms with Crippen molar-refractivity contribution >= 4 is 59.0 Å². The van der Waals surface area contributed by atoms with E-state index in [4.69, 9.17) is 6.57 Å². The van der Waals surface area contributed by atoms with Crippen molar-refractivity contribution in [1.82, 2.24) is 4.57 Å². The van der Waals surface area contributed by atoms with E-state index in [2.05, 4.69) is 102 Å². The summed E-state index contributed by atoms with van der Waals surface area (Å²) in [6.45, 7) is 12.5. The van der Waals surface area contributed by atoms with Crippen LogP contribution in [-0.4, -0.2) is 4.57 Å². The predicted octanol–water partition coefficient (Wildman–Crippen LogP) is 11.5. The fraction of sp³-hybridized carbons (Fsp3) is 0.0732. The average molecular weight is 592 g/mol. The lowest BCUT2D eigenvalue weighted by molar-refractivity contribution is 0.661. The molecule has 2 heterocycles. The number of benzene rings is 6. The smallest absolute Gasteiger partial charge is 0.189 e. The Balaban J connectivity index is 1.38. The lowest BCUT2D eigenvalue weighted by atomic mass is 9.82. The molecule has 0 fully saturated rings. The number of hydrogen-bond donors (Lipinski definition) is 0. The summed E-state index contributed by atoms with van der Waals surface area (Å²) in [5.41, 5.74) is 11.8. The summed E-state index contributed by atoms with van der Waals surface area (Å²) in [6.07, 6.45) is 0. The van der Waals surface area contributed by atoms with Crippen molar-refractivity contribution in [3.05, 3.63) is 143 Å². The lowest BCUT2D eigenvalue weighted by Gasteiger charge is -2.21. The van der Waals surface area contributed by atoms with Crippen LogP contribution in [-0.2, 0) is 5.41 Å². The van der Waals surface area contributed by atoms with Crippen LogP contribution in [0.1, 0.15) is 30.5 Å². The molecule has 8 aromatic rings. The highest BCUT2D eigenvalue weighted by atomic mass is 32.1. The van der Waals surface area contributed by atoms with Crippen LogP contribution in [0.3, 0.4) is 0 Å². The fourth-order valence-electron chi connectivity index (χ4n) is 7.55. The molecule has 0 bridgehead atoms. The molecule has 4 heteroatoms. The van der Waals surface area contributed by atoms with Crippen LogP contribution < -0.4 is 0 Å². The number of hydrogen-bond acceptors (Lipinski definition) is 2. The molecule has 2 aromatic heterocycles. The number of fused-ring (bicyclic) bond motifs is 9. The molecule has 1 aliphatic rings. The maximum atomic E-state index is 9.67. The third-order valence-corrected chi connectivity index (χ3v) is 10.8. The second kappa shape index (κ2) is 9.16. The maximum absolute atomic E-state index is 9.67. The molecule has 0 aliphatic heterocycles. The van der Waals surface area contributed by atoms with Crippen molar-refractivity contribution in [3.8, 4) is 34.0 Å². The number of nitrogens with zero attached hydrogens (tertiary/aromatic N) is 3. The van der Waals surface area contributed by atoms with Crippen LogP contribution in [0, 0.1) is 17.9 Å². The average Bonchev–Trinajstić information content (AvgIpc) is 3.69. The van der Waals surface area contributed by atoms with Crippen molar-refractivity contribution < 1.29 is 0 Å². The van der Waals surface area contributed by atoms with E-state index in [1.54, 1.807) is 0 Å². The molecule has 0 spiro atoms. The normalized spacial score (nSPS) is 13.2. The molecule has 6 aromatic carbocycles. The van der Waals surface area contributed by atoms with E-state index < -0.39 is 0 Å². The van der Waals surface area contributed by atoms with Gasteiger partial charge < -0.3 is 4.57 Å². The molecule has 45 heavy (non-hydrogen) atoms. The van der Waals surface area contributed by atoms with Crippen molar-refractivity contribution in [1.29, 1.82) is 5.26 Å². The first-order chi connectivity index (χ1) is 22.0. The monoisotopic (exact) mass is 591 g/mol. The number of aromatic nitrogens is 1. The number of rotatable bonds is 2. The second-order valence-electron chi connectivity index (χ2n) is 12.4. The van der Waals surface area contributed by atoms with Crippen LogP contribution in [0.4, 0.5) is 5.69 Å². The third-order valence-electron chi connectivity index (χ3n) is 9.64. The molecule has 0 saturated carbocycles. The molecule has 0 N–H and O–H groups in total. The van der Waals surface area contributed by atoms with Gasteiger partial charge in [-0.15, -0.1) is 11.3 Å². The largest absolute Gasteiger partial charge is 0.310 e. The van der Waals surface area contributed by atoms with Gasteiger partial charge in [0.05, 0.1) is 29.2 Å². The molecule has 3 nitrogen and oxygen atoms in total. The zero-order chi connectivity index (χ0) is 30.4. The van der Waals surface area contributed by atoms with Gasteiger partial charge in [0, 0.05) is 47.6 Å². The molecule has 0 atom stereocenters. The first-order valence-electron chi connectivity index (χ1n) is 15.0. The molecular weight excluding hydrogens is 567 g/mol. The summed E-state index contributed by atoms with van der Waals surface area (Å²) in [6, 6.07) is 42.8. The van der Waals surface area contributed by atoms with E-state index >= 15 is 0 Å². The molecule has 1 aliphatic carbocycles. The Morgan fingerprint density at radius 3 is 2.33 bits per heavy atom. The first kappa shape index (κ1) is 25.8. The highest BCUT2D eigenvalue weighted by molar-refractivity contribution is 7.26. The van der Waals surface area contributed by atoms with Gasteiger partial charge >= 0.3 is 0 Å². The summed E-state index contributed by atoms with van der Waals surface area (Å²) in [5.74, 6) is 0. The van der Waals surface area contributed by atoms with E-state index in [1.807, 2.05) is 53.8 Å². The van der Waals surface area contributed by atoms with E-state index in [9.17, 15) is 5.26 Å². The molecule has 9 rings (SSSR count). The van der Waals surface area contributed by atoms with Crippen LogP contribution in [0.5, 0.6) is 0 Å². The quantitative estimate of drug-likeness (QED) is 0.184. The minimum atomic E-state index is -0.0518. The van der Waals surface area contributed by atoms with Crippen molar-refractivity contribution in [2.45, 2.75) is 19.3 Å². The van der Waals surface area contributed by atoms with Crippen molar-refractivity contribution in [2.75, 3.05) is 0 Å². The first-order valence-corrected chi connectivity index (χ1v) is 15.8. The van der Waals surface area contributed by atoms with E-state index in [-0.39, 0.29) is 5.41 Å². The van der Waals surface area contributed by atoms with E-state index in [0.717, 1.165) is 38.6 Å². The van der Waals surface area contributed by atoms with Gasteiger partial charge in [0.15, 0.2) is 5.69 Å². The topological polar surface area (TPSA) is 33.1 Å². The second-order valence-corrected chi connectivity index (χ2v) is 13.4. The van der Waals surface area contributed by atoms with Gasteiger partial charge in [0.2, 0.25) is 0 Å². The standard InChI is InChI=1S/C41H25N3S/c1-41(2)33-12-6-4-9-26(33)30-21-32-39(22-34(30)41)45-38-14-8-11-29(40(32)38)28-17-16-25(43-3)20-37(28)44-35-13-7-5-10-27(35)31-19-24(23-42)15-18-36(31)44/h4-22H,1-2H3. The molecule has 0 unspecified atom stereocenters. The Labute approximate surface area is 264 Å². The Morgan fingerprint density at radius 2 is 1.47 bits per heavy atom. The van der Waals surface area contributed by atoms with Gasteiger partial charge in [0.25, 0.3) is 0 Å². The Kier molecular flexibility index (Phi) is 5.25. The summed E-state index contributed by atoms with van der Waals surface area (Å²) < 4.78 is 4.80. The van der Waals surface area contributed by atoms with Gasteiger partial charge in [-0.3, -0.25) is 0 Å². The molecule has 0 amide bonds. The summed E-state index contributed by atoms with van der Waals surface area (Å²) in [4.78, 5) is 3.84. The highest BCUT2D eigenvalue weighted by Crippen LogP contribution is 2.52. The van der Waals surface area contributed by atoms with Crippen molar-refractivity contribution in [3.63, 3.8) is 0 Å². The van der Waals surface area contributed by atoms with Gasteiger partial charge in [0.1, 0.15) is 0 Å². The summed E-state index contributed by atoms with van der Waals surface area (Å²) in [5, 5.41) is 14.3. The third kappa shape index (κ3) is 3.49. The van der Waals surface area contributed by atoms with Crippen LogP contribution in [0.15, 0.2) is 115 Å². The highest BCUT2D eigenvalue weighted by Gasteiger charge is 2.35. The Morgan fingerprint density at radius 1 is 0.667 bits per heavy atom. The van der Waals surface area contributed by atoms with Gasteiger partial charge in [-0.25, -0.2) is 4.85 Å². The van der Waals surface area contributed by atoms with Crippen LogP contribution >= 0.6 is 11.3 Å². The number of thiophene rings is 1. The zero-order valence-electron chi connectivity index (χ0n) is 24.7.